The van der Waals surface area contributed by atoms with Gasteiger partial charge in [0.05, 0.1) is 18.1 Å². The van der Waals surface area contributed by atoms with Crippen molar-refractivity contribution in [3.8, 4) is 24.7 Å². The molecule has 1 aromatic carbocycles. The summed E-state index contributed by atoms with van der Waals surface area (Å²) in [6.07, 6.45) is 15.9. The Hall–Kier alpha value is -3.37. The van der Waals surface area contributed by atoms with Gasteiger partial charge < -0.3 is 30.6 Å². The minimum atomic E-state index is -1.23. The number of benzene rings is 1. The lowest BCUT2D eigenvalue weighted by Gasteiger charge is -2.34. The fourth-order valence-electron chi connectivity index (χ4n) is 6.08. The number of carbonyl (C=O) groups excluding carboxylic acids is 3. The van der Waals surface area contributed by atoms with Gasteiger partial charge in [-0.05, 0) is 51.3 Å². The van der Waals surface area contributed by atoms with Crippen molar-refractivity contribution in [2.24, 2.45) is 17.8 Å². The van der Waals surface area contributed by atoms with Gasteiger partial charge in [-0.15, -0.1) is 24.7 Å². The Morgan fingerprint density at radius 3 is 2.24 bits per heavy atom. The molecule has 4 N–H and O–H groups in total. The van der Waals surface area contributed by atoms with Crippen LogP contribution in [0.25, 0.3) is 0 Å². The SMILES string of the molecule is C#CCCC(O)[C@H](O)C(CC1CCCCC1)NC(=O)[C@@H](NC(=O)C(CC(=O)N(C)CCN(C)C)Cc1ccccc1)C(C#C)CC. The van der Waals surface area contributed by atoms with Gasteiger partial charge in [-0.1, -0.05) is 69.4 Å². The van der Waals surface area contributed by atoms with Crippen molar-refractivity contribution in [2.45, 2.75) is 102 Å². The second kappa shape index (κ2) is 20.7. The summed E-state index contributed by atoms with van der Waals surface area (Å²) in [5.41, 5.74) is 0.896. The summed E-state index contributed by atoms with van der Waals surface area (Å²) in [4.78, 5) is 44.7. The molecule has 0 aromatic heterocycles. The number of aliphatic hydroxyl groups excluding tert-OH is 2. The lowest BCUT2D eigenvalue weighted by atomic mass is 9.82. The minimum absolute atomic E-state index is 0.0315. The van der Waals surface area contributed by atoms with Crippen LogP contribution in [-0.2, 0) is 20.8 Å². The molecule has 2 rings (SSSR count). The van der Waals surface area contributed by atoms with E-state index in [9.17, 15) is 24.6 Å². The van der Waals surface area contributed by atoms with E-state index in [1.165, 1.54) is 0 Å². The van der Waals surface area contributed by atoms with Crippen molar-refractivity contribution >= 4 is 17.7 Å². The Kier molecular flexibility index (Phi) is 17.5. The van der Waals surface area contributed by atoms with Crippen molar-refractivity contribution < 1.29 is 24.6 Å². The van der Waals surface area contributed by atoms with Gasteiger partial charge in [0, 0.05) is 38.9 Å². The van der Waals surface area contributed by atoms with Gasteiger partial charge in [0.1, 0.15) is 12.1 Å². The normalized spacial score (nSPS) is 17.4. The fourth-order valence-corrected chi connectivity index (χ4v) is 6.08. The average Bonchev–Trinajstić information content (AvgIpc) is 3.05. The predicted octanol–water partition coefficient (Wildman–Crippen LogP) is 2.99. The number of nitrogens with one attached hydrogen (secondary N) is 2. The maximum atomic E-state index is 14.0. The molecule has 9 nitrogen and oxygen atoms in total. The molecule has 3 amide bonds. The predicted molar refractivity (Wildman–Crippen MR) is 182 cm³/mol. The summed E-state index contributed by atoms with van der Waals surface area (Å²) in [6.45, 7) is 3.05. The van der Waals surface area contributed by atoms with Crippen LogP contribution in [-0.4, -0.2) is 96.3 Å². The van der Waals surface area contributed by atoms with E-state index in [1.54, 1.807) is 11.9 Å². The van der Waals surface area contributed by atoms with E-state index in [0.717, 1.165) is 37.7 Å². The van der Waals surface area contributed by atoms with Crippen LogP contribution in [0.4, 0.5) is 0 Å². The third kappa shape index (κ3) is 13.2. The Labute approximate surface area is 276 Å². The van der Waals surface area contributed by atoms with E-state index in [1.807, 2.05) is 56.3 Å². The van der Waals surface area contributed by atoms with Crippen LogP contribution < -0.4 is 10.6 Å². The Morgan fingerprint density at radius 1 is 0.978 bits per heavy atom. The van der Waals surface area contributed by atoms with Gasteiger partial charge in [-0.2, -0.15) is 0 Å². The van der Waals surface area contributed by atoms with Crippen LogP contribution in [0.1, 0.15) is 76.7 Å². The molecule has 46 heavy (non-hydrogen) atoms. The maximum Gasteiger partial charge on any atom is 0.244 e. The molecular weight excluding hydrogens is 580 g/mol. The van der Waals surface area contributed by atoms with Crippen molar-refractivity contribution in [3.05, 3.63) is 35.9 Å². The van der Waals surface area contributed by atoms with Gasteiger partial charge in [-0.3, -0.25) is 14.4 Å². The topological polar surface area (TPSA) is 122 Å². The average molecular weight is 637 g/mol. The Balaban J connectivity index is 2.31. The minimum Gasteiger partial charge on any atom is -0.390 e. The number of likely N-dealkylation sites (N-methyl/N-ethyl adjacent to an activating group) is 2. The lowest BCUT2D eigenvalue weighted by Crippen LogP contribution is -2.57. The molecule has 0 saturated heterocycles. The summed E-state index contributed by atoms with van der Waals surface area (Å²) < 4.78 is 0. The lowest BCUT2D eigenvalue weighted by molar-refractivity contribution is -0.137. The molecule has 0 bridgehead atoms. The smallest absolute Gasteiger partial charge is 0.244 e. The number of amides is 3. The number of nitrogens with zero attached hydrogens (tertiary/aromatic N) is 2. The standard InChI is InChI=1S/C37H56N4O5/c1-7-10-21-32(42)35(44)31(25-28-19-15-12-16-20-28)38-37(46)34(29(8-2)9-3)39-36(45)30(24-27-17-13-11-14-18-27)26-33(43)41(6)23-22-40(4)5/h1-2,11,13-14,17-18,28-32,34-35,42,44H,9-10,12,15-16,19-26H2,3-6H3,(H,38,46)(H,39,45)/t29?,30?,31?,32?,34-,35+/m0/s1. The van der Waals surface area contributed by atoms with Crippen LogP contribution in [0.3, 0.4) is 0 Å². The number of hydrogen-bond acceptors (Lipinski definition) is 6. The van der Waals surface area contributed by atoms with E-state index < -0.39 is 47.9 Å². The summed E-state index contributed by atoms with van der Waals surface area (Å²) in [6, 6.07) is 7.63. The van der Waals surface area contributed by atoms with Gasteiger partial charge in [-0.25, -0.2) is 0 Å². The summed E-state index contributed by atoms with van der Waals surface area (Å²) in [5.74, 6) is 2.95. The summed E-state index contributed by atoms with van der Waals surface area (Å²) >= 11 is 0. The Bertz CT molecular complexity index is 1150. The molecule has 1 aliphatic rings. The highest BCUT2D eigenvalue weighted by Crippen LogP contribution is 2.29. The van der Waals surface area contributed by atoms with Crippen molar-refractivity contribution in [1.82, 2.24) is 20.4 Å². The zero-order valence-corrected chi connectivity index (χ0v) is 28.3. The highest BCUT2D eigenvalue weighted by molar-refractivity contribution is 5.91. The number of carbonyl (C=O) groups is 3. The van der Waals surface area contributed by atoms with E-state index in [-0.39, 0.29) is 18.7 Å². The van der Waals surface area contributed by atoms with Crippen molar-refractivity contribution in [1.29, 1.82) is 0 Å². The number of terminal acetylenes is 2. The molecule has 254 valence electrons. The van der Waals surface area contributed by atoms with Crippen molar-refractivity contribution in [2.75, 3.05) is 34.2 Å². The maximum absolute atomic E-state index is 14.0. The summed E-state index contributed by atoms with van der Waals surface area (Å²) in [7, 11) is 5.59. The quantitative estimate of drug-likeness (QED) is 0.173. The van der Waals surface area contributed by atoms with Gasteiger partial charge in [0.15, 0.2) is 0 Å². The number of rotatable bonds is 19. The molecule has 0 radical (unpaired) electrons. The first-order chi connectivity index (χ1) is 22.0. The molecule has 1 fully saturated rings. The van der Waals surface area contributed by atoms with Crippen LogP contribution in [0.5, 0.6) is 0 Å². The molecule has 0 spiro atoms. The first-order valence-corrected chi connectivity index (χ1v) is 16.8. The van der Waals surface area contributed by atoms with Crippen LogP contribution in [0, 0.1) is 42.4 Å². The fraction of sp³-hybridized carbons (Fsp3) is 0.649. The van der Waals surface area contributed by atoms with Crippen molar-refractivity contribution in [3.63, 3.8) is 0 Å². The van der Waals surface area contributed by atoms with E-state index in [4.69, 9.17) is 12.8 Å². The monoisotopic (exact) mass is 636 g/mol. The molecule has 1 saturated carbocycles. The molecule has 1 aromatic rings. The molecule has 4 unspecified atom stereocenters. The van der Waals surface area contributed by atoms with Crippen LogP contribution >= 0.6 is 0 Å². The molecule has 9 heteroatoms. The third-order valence-electron chi connectivity index (χ3n) is 9.09. The van der Waals surface area contributed by atoms with Crippen LogP contribution in [0.2, 0.25) is 0 Å². The van der Waals surface area contributed by atoms with E-state index in [2.05, 4.69) is 22.5 Å². The van der Waals surface area contributed by atoms with E-state index >= 15 is 0 Å². The second-order valence-electron chi connectivity index (χ2n) is 13.0. The largest absolute Gasteiger partial charge is 0.390 e. The first kappa shape index (κ1) is 38.8. The van der Waals surface area contributed by atoms with Gasteiger partial charge >= 0.3 is 0 Å². The summed E-state index contributed by atoms with van der Waals surface area (Å²) in [5, 5.41) is 27.8. The third-order valence-corrected chi connectivity index (χ3v) is 9.09. The zero-order chi connectivity index (χ0) is 34.1. The molecular formula is C37H56N4O5. The molecule has 0 aliphatic heterocycles. The van der Waals surface area contributed by atoms with Crippen LogP contribution in [0.15, 0.2) is 30.3 Å². The number of aliphatic hydroxyl groups is 2. The Morgan fingerprint density at radius 2 is 1.65 bits per heavy atom. The van der Waals surface area contributed by atoms with Gasteiger partial charge in [0.25, 0.3) is 0 Å². The number of hydrogen-bond donors (Lipinski definition) is 4. The zero-order valence-electron chi connectivity index (χ0n) is 28.3. The second-order valence-corrected chi connectivity index (χ2v) is 13.0. The highest BCUT2D eigenvalue weighted by atomic mass is 16.3. The van der Waals surface area contributed by atoms with Gasteiger partial charge in [0.2, 0.25) is 17.7 Å². The molecule has 0 heterocycles. The molecule has 1 aliphatic carbocycles. The molecule has 6 atom stereocenters. The van der Waals surface area contributed by atoms with E-state index in [0.29, 0.717) is 44.7 Å². The first-order valence-electron chi connectivity index (χ1n) is 16.8. The highest BCUT2D eigenvalue weighted by Gasteiger charge is 2.36.